The Morgan fingerprint density at radius 3 is 2.74 bits per heavy atom. The minimum Gasteiger partial charge on any atom is -0.383 e. The monoisotopic (exact) mass is 309 g/mol. The largest absolute Gasteiger partial charge is 0.383 e. The average Bonchev–Trinajstić information content (AvgIpc) is 2.36. The second-order valence-electron chi connectivity index (χ2n) is 3.71. The van der Waals surface area contributed by atoms with Crippen LogP contribution in [-0.2, 0) is 9.53 Å². The van der Waals surface area contributed by atoms with Gasteiger partial charge in [-0.25, -0.2) is 0 Å². The molecule has 0 fully saturated rings. The lowest BCUT2D eigenvalue weighted by atomic mass is 10.2. The van der Waals surface area contributed by atoms with E-state index in [-0.39, 0.29) is 36.8 Å². The van der Waals surface area contributed by atoms with Crippen LogP contribution in [0.4, 0.5) is 0 Å². The molecule has 0 aliphatic heterocycles. The molecule has 1 aromatic heterocycles. The molecule has 0 saturated heterocycles. The summed E-state index contributed by atoms with van der Waals surface area (Å²) in [6, 6.07) is 5.57. The van der Waals surface area contributed by atoms with Crippen molar-refractivity contribution in [2.24, 2.45) is 0 Å². The summed E-state index contributed by atoms with van der Waals surface area (Å²) in [6.07, 6.45) is 1.72. The zero-order chi connectivity index (χ0) is 12.5. The zero-order valence-electron chi connectivity index (χ0n) is 11.1. The Kier molecular flexibility index (Phi) is 13.1. The molecule has 110 valence electrons. The number of ether oxygens (including phenoxy) is 1. The number of rotatable bonds is 7. The molecular formula is C12H21Cl2N3O2. The molecule has 1 unspecified atom stereocenters. The fourth-order valence-electron chi connectivity index (χ4n) is 1.37. The number of pyridine rings is 1. The van der Waals surface area contributed by atoms with E-state index in [0.717, 1.165) is 5.69 Å². The predicted molar refractivity (Wildman–Crippen MR) is 80.0 cm³/mol. The summed E-state index contributed by atoms with van der Waals surface area (Å²) < 4.78 is 4.87. The number of carbonyl (C=O) groups is 1. The maximum Gasteiger partial charge on any atom is 0.234 e. The molecule has 0 aliphatic carbocycles. The highest BCUT2D eigenvalue weighted by molar-refractivity contribution is 5.85. The van der Waals surface area contributed by atoms with E-state index in [1.165, 1.54) is 0 Å². The smallest absolute Gasteiger partial charge is 0.234 e. The van der Waals surface area contributed by atoms with E-state index < -0.39 is 0 Å². The zero-order valence-corrected chi connectivity index (χ0v) is 12.7. The van der Waals surface area contributed by atoms with Crippen molar-refractivity contribution in [3.8, 4) is 0 Å². The first-order chi connectivity index (χ1) is 8.24. The van der Waals surface area contributed by atoms with Crippen molar-refractivity contribution >= 4 is 30.7 Å². The molecular weight excluding hydrogens is 289 g/mol. The van der Waals surface area contributed by atoms with Crippen molar-refractivity contribution in [3.63, 3.8) is 0 Å². The molecule has 7 heteroatoms. The van der Waals surface area contributed by atoms with Gasteiger partial charge in [0.05, 0.1) is 24.9 Å². The maximum atomic E-state index is 11.5. The first-order valence-electron chi connectivity index (χ1n) is 5.64. The van der Waals surface area contributed by atoms with Gasteiger partial charge in [0.15, 0.2) is 0 Å². The SMILES string of the molecule is COCCNCC(=O)NC(C)c1ccccn1.Cl.Cl. The van der Waals surface area contributed by atoms with Crippen LogP contribution in [0.5, 0.6) is 0 Å². The summed E-state index contributed by atoms with van der Waals surface area (Å²) in [7, 11) is 1.63. The number of halogens is 2. The average molecular weight is 310 g/mol. The Balaban J connectivity index is 0. The third kappa shape index (κ3) is 8.77. The molecule has 1 amide bonds. The maximum absolute atomic E-state index is 11.5. The van der Waals surface area contributed by atoms with Gasteiger partial charge in [-0.05, 0) is 19.1 Å². The molecule has 0 saturated carbocycles. The minimum atomic E-state index is -0.0760. The second kappa shape index (κ2) is 12.2. The van der Waals surface area contributed by atoms with Crippen molar-refractivity contribution in [2.75, 3.05) is 26.8 Å². The molecule has 5 nitrogen and oxygen atoms in total. The molecule has 1 atom stereocenters. The van der Waals surface area contributed by atoms with Crippen molar-refractivity contribution in [1.82, 2.24) is 15.6 Å². The van der Waals surface area contributed by atoms with Crippen molar-refractivity contribution in [2.45, 2.75) is 13.0 Å². The third-order valence-corrected chi connectivity index (χ3v) is 2.28. The van der Waals surface area contributed by atoms with Crippen LogP contribution in [0.2, 0.25) is 0 Å². The van der Waals surface area contributed by atoms with E-state index in [2.05, 4.69) is 15.6 Å². The number of amides is 1. The quantitative estimate of drug-likeness (QED) is 0.746. The molecule has 2 N–H and O–H groups in total. The number of methoxy groups -OCH3 is 1. The Morgan fingerprint density at radius 1 is 1.42 bits per heavy atom. The highest BCUT2D eigenvalue weighted by Crippen LogP contribution is 2.06. The molecule has 1 heterocycles. The topological polar surface area (TPSA) is 63.2 Å². The van der Waals surface area contributed by atoms with Gasteiger partial charge in [-0.1, -0.05) is 6.07 Å². The van der Waals surface area contributed by atoms with Crippen LogP contribution in [-0.4, -0.2) is 37.7 Å². The lowest BCUT2D eigenvalue weighted by molar-refractivity contribution is -0.120. The lowest BCUT2D eigenvalue weighted by Crippen LogP contribution is -2.36. The lowest BCUT2D eigenvalue weighted by Gasteiger charge is -2.13. The van der Waals surface area contributed by atoms with Gasteiger partial charge in [0, 0.05) is 19.9 Å². The van der Waals surface area contributed by atoms with Crippen LogP contribution in [0.25, 0.3) is 0 Å². The summed E-state index contributed by atoms with van der Waals surface area (Å²) in [5, 5.41) is 5.85. The van der Waals surface area contributed by atoms with Crippen LogP contribution < -0.4 is 10.6 Å². The third-order valence-electron chi connectivity index (χ3n) is 2.28. The number of carbonyl (C=O) groups excluding carboxylic acids is 1. The van der Waals surface area contributed by atoms with Gasteiger partial charge in [0.2, 0.25) is 5.91 Å². The normalized spacial score (nSPS) is 10.8. The number of aromatic nitrogens is 1. The highest BCUT2D eigenvalue weighted by Gasteiger charge is 2.09. The number of hydrogen-bond acceptors (Lipinski definition) is 4. The second-order valence-corrected chi connectivity index (χ2v) is 3.71. The van der Waals surface area contributed by atoms with Gasteiger partial charge in [-0.3, -0.25) is 9.78 Å². The van der Waals surface area contributed by atoms with Crippen LogP contribution in [0, 0.1) is 0 Å². The number of nitrogens with one attached hydrogen (secondary N) is 2. The van der Waals surface area contributed by atoms with Gasteiger partial charge in [0.25, 0.3) is 0 Å². The molecule has 0 aliphatic rings. The predicted octanol–water partition coefficient (Wildman–Crippen LogP) is 1.34. The standard InChI is InChI=1S/C12H19N3O2.2ClH/c1-10(11-5-3-4-6-14-11)15-12(16)9-13-7-8-17-2;;/h3-6,10,13H,7-9H2,1-2H3,(H,15,16);2*1H. The Hall–Kier alpha value is -0.880. The van der Waals surface area contributed by atoms with Crippen LogP contribution >= 0.6 is 24.8 Å². The first kappa shape index (κ1) is 20.4. The van der Waals surface area contributed by atoms with Crippen LogP contribution in [0.1, 0.15) is 18.7 Å². The van der Waals surface area contributed by atoms with E-state index in [0.29, 0.717) is 19.7 Å². The first-order valence-corrected chi connectivity index (χ1v) is 5.64. The van der Waals surface area contributed by atoms with Crippen LogP contribution in [0.3, 0.4) is 0 Å². The Labute approximate surface area is 126 Å². The number of hydrogen-bond donors (Lipinski definition) is 2. The van der Waals surface area contributed by atoms with E-state index in [1.54, 1.807) is 13.3 Å². The van der Waals surface area contributed by atoms with E-state index in [4.69, 9.17) is 4.74 Å². The Morgan fingerprint density at radius 2 is 2.16 bits per heavy atom. The van der Waals surface area contributed by atoms with Crippen molar-refractivity contribution in [3.05, 3.63) is 30.1 Å². The van der Waals surface area contributed by atoms with Gasteiger partial charge in [0.1, 0.15) is 0 Å². The summed E-state index contributed by atoms with van der Waals surface area (Å²) in [5.74, 6) is -0.0424. The van der Waals surface area contributed by atoms with E-state index in [1.807, 2.05) is 25.1 Å². The van der Waals surface area contributed by atoms with Gasteiger partial charge >= 0.3 is 0 Å². The summed E-state index contributed by atoms with van der Waals surface area (Å²) in [5.41, 5.74) is 0.859. The number of nitrogens with zero attached hydrogens (tertiary/aromatic N) is 1. The summed E-state index contributed by atoms with van der Waals surface area (Å²) in [4.78, 5) is 15.7. The van der Waals surface area contributed by atoms with Crippen LogP contribution in [0.15, 0.2) is 24.4 Å². The Bertz CT molecular complexity index is 339. The summed E-state index contributed by atoms with van der Waals surface area (Å²) >= 11 is 0. The fraction of sp³-hybridized carbons (Fsp3) is 0.500. The molecule has 19 heavy (non-hydrogen) atoms. The van der Waals surface area contributed by atoms with Gasteiger partial charge in [-0.2, -0.15) is 0 Å². The van der Waals surface area contributed by atoms with Gasteiger partial charge in [-0.15, -0.1) is 24.8 Å². The highest BCUT2D eigenvalue weighted by atomic mass is 35.5. The van der Waals surface area contributed by atoms with E-state index in [9.17, 15) is 4.79 Å². The van der Waals surface area contributed by atoms with Crippen molar-refractivity contribution < 1.29 is 9.53 Å². The van der Waals surface area contributed by atoms with Gasteiger partial charge < -0.3 is 15.4 Å². The molecule has 0 radical (unpaired) electrons. The molecule has 0 spiro atoms. The molecule has 0 aromatic carbocycles. The van der Waals surface area contributed by atoms with Crippen molar-refractivity contribution in [1.29, 1.82) is 0 Å². The van der Waals surface area contributed by atoms with E-state index >= 15 is 0 Å². The summed E-state index contributed by atoms with van der Waals surface area (Å²) in [6.45, 7) is 3.47. The minimum absolute atomic E-state index is 0. The fourth-order valence-corrected chi connectivity index (χ4v) is 1.37. The molecule has 1 aromatic rings. The molecule has 1 rings (SSSR count). The molecule has 0 bridgehead atoms.